The molecule has 0 bridgehead atoms. The SMILES string of the molecule is CCOC(=O)N[C@@H](Cc1ccccc1)C(=O)N1CCOCC1. The number of ether oxygens (including phenoxy) is 2. The zero-order chi connectivity index (χ0) is 15.8. The summed E-state index contributed by atoms with van der Waals surface area (Å²) in [5, 5.41) is 2.67. The second kappa shape index (κ2) is 8.38. The van der Waals surface area contributed by atoms with Gasteiger partial charge in [-0.05, 0) is 12.5 Å². The first-order chi connectivity index (χ1) is 10.7. The molecule has 0 spiro atoms. The molecule has 1 aliphatic rings. The highest BCUT2D eigenvalue weighted by Gasteiger charge is 2.27. The van der Waals surface area contributed by atoms with Crippen molar-refractivity contribution in [1.29, 1.82) is 0 Å². The summed E-state index contributed by atoms with van der Waals surface area (Å²) in [5.41, 5.74) is 0.992. The monoisotopic (exact) mass is 306 g/mol. The number of hydrogen-bond donors (Lipinski definition) is 1. The van der Waals surface area contributed by atoms with E-state index in [-0.39, 0.29) is 12.5 Å². The number of alkyl carbamates (subject to hydrolysis) is 1. The molecule has 0 unspecified atom stereocenters. The van der Waals surface area contributed by atoms with Crippen LogP contribution in [0.4, 0.5) is 4.79 Å². The largest absolute Gasteiger partial charge is 0.450 e. The van der Waals surface area contributed by atoms with Crippen LogP contribution in [0.2, 0.25) is 0 Å². The Morgan fingerprint density at radius 3 is 2.59 bits per heavy atom. The summed E-state index contributed by atoms with van der Waals surface area (Å²) < 4.78 is 10.2. The van der Waals surface area contributed by atoms with Gasteiger partial charge >= 0.3 is 6.09 Å². The maximum atomic E-state index is 12.6. The second-order valence-corrected chi connectivity index (χ2v) is 5.04. The molecular weight excluding hydrogens is 284 g/mol. The molecular formula is C16H22N2O4. The molecule has 22 heavy (non-hydrogen) atoms. The Kier molecular flexibility index (Phi) is 6.21. The van der Waals surface area contributed by atoms with E-state index in [1.54, 1.807) is 11.8 Å². The molecule has 2 amide bonds. The standard InChI is InChI=1S/C16H22N2O4/c1-2-22-16(20)17-14(12-13-6-4-3-5-7-13)15(19)18-8-10-21-11-9-18/h3-7,14H,2,8-12H2,1H3,(H,17,20)/t14-/m0/s1. The Labute approximate surface area is 130 Å². The highest BCUT2D eigenvalue weighted by molar-refractivity contribution is 5.86. The van der Waals surface area contributed by atoms with Crippen LogP contribution in [-0.2, 0) is 20.7 Å². The minimum atomic E-state index is -0.625. The van der Waals surface area contributed by atoms with Gasteiger partial charge in [0.1, 0.15) is 6.04 Å². The molecule has 120 valence electrons. The lowest BCUT2D eigenvalue weighted by Crippen LogP contribution is -2.52. The predicted octanol–water partition coefficient (Wildman–Crippen LogP) is 1.20. The fraction of sp³-hybridized carbons (Fsp3) is 0.500. The molecule has 0 aliphatic carbocycles. The van der Waals surface area contributed by atoms with Gasteiger partial charge in [-0.2, -0.15) is 0 Å². The number of nitrogens with one attached hydrogen (secondary N) is 1. The fourth-order valence-electron chi connectivity index (χ4n) is 2.37. The average molecular weight is 306 g/mol. The van der Waals surface area contributed by atoms with E-state index in [2.05, 4.69) is 5.32 Å². The molecule has 0 saturated carbocycles. The Morgan fingerprint density at radius 2 is 1.95 bits per heavy atom. The highest BCUT2D eigenvalue weighted by atomic mass is 16.5. The topological polar surface area (TPSA) is 67.9 Å². The van der Waals surface area contributed by atoms with Crippen molar-refractivity contribution in [2.75, 3.05) is 32.9 Å². The number of carbonyl (C=O) groups excluding carboxylic acids is 2. The van der Waals surface area contributed by atoms with Gasteiger partial charge in [0, 0.05) is 19.5 Å². The molecule has 1 heterocycles. The van der Waals surface area contributed by atoms with E-state index in [0.29, 0.717) is 32.7 Å². The van der Waals surface area contributed by atoms with E-state index in [1.165, 1.54) is 0 Å². The van der Waals surface area contributed by atoms with Crippen molar-refractivity contribution in [1.82, 2.24) is 10.2 Å². The summed E-state index contributed by atoms with van der Waals surface area (Å²) in [6.45, 7) is 4.17. The quantitative estimate of drug-likeness (QED) is 0.887. The van der Waals surface area contributed by atoms with E-state index in [1.807, 2.05) is 30.3 Å². The Hall–Kier alpha value is -2.08. The number of nitrogens with zero attached hydrogens (tertiary/aromatic N) is 1. The van der Waals surface area contributed by atoms with Gasteiger partial charge in [0.25, 0.3) is 0 Å². The fourth-order valence-corrected chi connectivity index (χ4v) is 2.37. The number of amides is 2. The van der Waals surface area contributed by atoms with Crippen molar-refractivity contribution in [3.63, 3.8) is 0 Å². The van der Waals surface area contributed by atoms with Crippen LogP contribution in [0.3, 0.4) is 0 Å². The number of rotatable bonds is 5. The first kappa shape index (κ1) is 16.3. The van der Waals surface area contributed by atoms with Crippen molar-refractivity contribution in [3.05, 3.63) is 35.9 Å². The molecule has 1 N–H and O–H groups in total. The minimum absolute atomic E-state index is 0.0970. The average Bonchev–Trinajstić information content (AvgIpc) is 2.55. The van der Waals surface area contributed by atoms with Gasteiger partial charge in [0.2, 0.25) is 5.91 Å². The predicted molar refractivity (Wildman–Crippen MR) is 81.5 cm³/mol. The van der Waals surface area contributed by atoms with Crippen LogP contribution in [0, 0.1) is 0 Å². The normalized spacial score (nSPS) is 16.0. The van der Waals surface area contributed by atoms with Gasteiger partial charge in [-0.15, -0.1) is 0 Å². The van der Waals surface area contributed by atoms with Crippen molar-refractivity contribution in [3.8, 4) is 0 Å². The Balaban J connectivity index is 2.05. The first-order valence-corrected chi connectivity index (χ1v) is 7.54. The van der Waals surface area contributed by atoms with Gasteiger partial charge in [0.15, 0.2) is 0 Å². The summed E-state index contributed by atoms with van der Waals surface area (Å²) in [6, 6.07) is 8.99. The van der Waals surface area contributed by atoms with E-state index in [0.717, 1.165) is 5.56 Å². The molecule has 6 nitrogen and oxygen atoms in total. The zero-order valence-corrected chi connectivity index (χ0v) is 12.8. The molecule has 1 aromatic rings. The van der Waals surface area contributed by atoms with Gasteiger partial charge in [-0.1, -0.05) is 30.3 Å². The van der Waals surface area contributed by atoms with E-state index in [4.69, 9.17) is 9.47 Å². The van der Waals surface area contributed by atoms with Crippen molar-refractivity contribution >= 4 is 12.0 Å². The molecule has 0 aromatic heterocycles. The number of morpholine rings is 1. The molecule has 0 radical (unpaired) electrons. The van der Waals surface area contributed by atoms with E-state index in [9.17, 15) is 9.59 Å². The summed E-state index contributed by atoms with van der Waals surface area (Å²) >= 11 is 0. The zero-order valence-electron chi connectivity index (χ0n) is 12.8. The third-order valence-corrected chi connectivity index (χ3v) is 3.47. The van der Waals surface area contributed by atoms with E-state index < -0.39 is 12.1 Å². The first-order valence-electron chi connectivity index (χ1n) is 7.54. The summed E-state index contributed by atoms with van der Waals surface area (Å²) in [7, 11) is 0. The summed E-state index contributed by atoms with van der Waals surface area (Å²) in [6.07, 6.45) is -0.124. The van der Waals surface area contributed by atoms with Crippen LogP contribution in [0.1, 0.15) is 12.5 Å². The molecule has 1 fully saturated rings. The lowest BCUT2D eigenvalue weighted by atomic mass is 10.0. The maximum Gasteiger partial charge on any atom is 0.407 e. The summed E-state index contributed by atoms with van der Waals surface area (Å²) in [5.74, 6) is -0.0970. The smallest absolute Gasteiger partial charge is 0.407 e. The number of carbonyl (C=O) groups is 2. The number of benzene rings is 1. The third-order valence-electron chi connectivity index (χ3n) is 3.47. The van der Waals surface area contributed by atoms with Gasteiger partial charge < -0.3 is 19.7 Å². The second-order valence-electron chi connectivity index (χ2n) is 5.04. The summed E-state index contributed by atoms with van der Waals surface area (Å²) in [4.78, 5) is 26.1. The molecule has 1 aliphatic heterocycles. The lowest BCUT2D eigenvalue weighted by Gasteiger charge is -2.30. The van der Waals surface area contributed by atoms with Crippen LogP contribution in [0.25, 0.3) is 0 Å². The molecule has 2 rings (SSSR count). The maximum absolute atomic E-state index is 12.6. The molecule has 1 saturated heterocycles. The van der Waals surface area contributed by atoms with Crippen LogP contribution >= 0.6 is 0 Å². The van der Waals surface area contributed by atoms with Crippen LogP contribution in [-0.4, -0.2) is 55.9 Å². The van der Waals surface area contributed by atoms with Crippen LogP contribution in [0.15, 0.2) is 30.3 Å². The molecule has 6 heteroatoms. The third kappa shape index (κ3) is 4.73. The van der Waals surface area contributed by atoms with Crippen molar-refractivity contribution in [2.45, 2.75) is 19.4 Å². The minimum Gasteiger partial charge on any atom is -0.450 e. The van der Waals surface area contributed by atoms with Crippen molar-refractivity contribution in [2.24, 2.45) is 0 Å². The van der Waals surface area contributed by atoms with Gasteiger partial charge in [-0.25, -0.2) is 4.79 Å². The number of hydrogen-bond acceptors (Lipinski definition) is 4. The van der Waals surface area contributed by atoms with Crippen molar-refractivity contribution < 1.29 is 19.1 Å². The lowest BCUT2D eigenvalue weighted by molar-refractivity contribution is -0.137. The van der Waals surface area contributed by atoms with Crippen LogP contribution < -0.4 is 5.32 Å². The van der Waals surface area contributed by atoms with Crippen LogP contribution in [0.5, 0.6) is 0 Å². The van der Waals surface area contributed by atoms with E-state index >= 15 is 0 Å². The van der Waals surface area contributed by atoms with Gasteiger partial charge in [-0.3, -0.25) is 4.79 Å². The molecule has 1 aromatic carbocycles. The Morgan fingerprint density at radius 1 is 1.27 bits per heavy atom. The Bertz CT molecular complexity index is 486. The molecule has 1 atom stereocenters. The van der Waals surface area contributed by atoms with Gasteiger partial charge in [0.05, 0.1) is 19.8 Å². The highest BCUT2D eigenvalue weighted by Crippen LogP contribution is 2.08.